The number of sulfonamides is 1. The number of para-hydroxylation sites is 1. The molecular formula is C21H25FN2O3S. The average Bonchev–Trinajstić information content (AvgIpc) is 2.69. The van der Waals surface area contributed by atoms with Gasteiger partial charge in [0, 0.05) is 6.04 Å². The highest BCUT2D eigenvalue weighted by Gasteiger charge is 2.34. The minimum absolute atomic E-state index is 0.0452. The smallest absolute Gasteiger partial charge is 0.243 e. The number of carbonyl (C=O) groups is 1. The van der Waals surface area contributed by atoms with Crippen molar-refractivity contribution in [3.8, 4) is 0 Å². The van der Waals surface area contributed by atoms with Crippen LogP contribution in [0.3, 0.4) is 0 Å². The number of nitrogens with zero attached hydrogens (tertiary/aromatic N) is 1. The fraction of sp³-hybridized carbons (Fsp3) is 0.381. The van der Waals surface area contributed by atoms with Crippen LogP contribution >= 0.6 is 0 Å². The summed E-state index contributed by atoms with van der Waals surface area (Å²) in [4.78, 5) is 12.7. The molecule has 7 heteroatoms. The molecule has 150 valence electrons. The number of amides is 1. The molecule has 0 unspecified atom stereocenters. The van der Waals surface area contributed by atoms with E-state index in [4.69, 9.17) is 0 Å². The van der Waals surface area contributed by atoms with Crippen LogP contribution in [0.2, 0.25) is 0 Å². The van der Waals surface area contributed by atoms with Gasteiger partial charge in [0.15, 0.2) is 0 Å². The molecule has 1 N–H and O–H groups in total. The molecule has 28 heavy (non-hydrogen) atoms. The Bertz CT molecular complexity index is 923. The van der Waals surface area contributed by atoms with Crippen molar-refractivity contribution in [1.82, 2.24) is 4.31 Å². The van der Waals surface area contributed by atoms with Crippen molar-refractivity contribution in [2.75, 3.05) is 11.9 Å². The Labute approximate surface area is 165 Å². The van der Waals surface area contributed by atoms with Crippen molar-refractivity contribution >= 4 is 21.6 Å². The first-order valence-electron chi connectivity index (χ1n) is 9.51. The Balaban J connectivity index is 1.85. The zero-order valence-corrected chi connectivity index (χ0v) is 16.7. The maximum atomic E-state index is 13.8. The lowest BCUT2D eigenvalue weighted by Crippen LogP contribution is -2.45. The molecule has 0 saturated heterocycles. The number of rotatable bonds is 6. The third-order valence-corrected chi connectivity index (χ3v) is 6.97. The number of hydrogen-bond donors (Lipinski definition) is 1. The van der Waals surface area contributed by atoms with Gasteiger partial charge in [0.1, 0.15) is 5.82 Å². The Kier molecular flexibility index (Phi) is 6.46. The highest BCUT2D eigenvalue weighted by atomic mass is 32.2. The SMILES string of the molecule is Cc1ccc(S(=O)(=O)N(CC(=O)Nc2ccccc2F)C2CCCCC2)cc1. The summed E-state index contributed by atoms with van der Waals surface area (Å²) in [5.74, 6) is -1.10. The van der Waals surface area contributed by atoms with E-state index in [-0.39, 0.29) is 23.2 Å². The number of benzene rings is 2. The number of anilines is 1. The first-order chi connectivity index (χ1) is 13.4. The number of carbonyl (C=O) groups excluding carboxylic acids is 1. The Hall–Kier alpha value is -2.25. The van der Waals surface area contributed by atoms with Crippen LogP contribution in [0, 0.1) is 12.7 Å². The number of aryl methyl sites for hydroxylation is 1. The standard InChI is InChI=1S/C21H25FN2O3S/c1-16-11-13-18(14-12-16)28(26,27)24(17-7-3-2-4-8-17)15-21(25)23-20-10-6-5-9-19(20)22/h5-6,9-14,17H,2-4,7-8,15H2,1H3,(H,23,25). The van der Waals surface area contributed by atoms with Crippen LogP contribution in [0.4, 0.5) is 10.1 Å². The summed E-state index contributed by atoms with van der Waals surface area (Å²) in [5.41, 5.74) is 1.00. The minimum Gasteiger partial charge on any atom is -0.322 e. The van der Waals surface area contributed by atoms with E-state index in [1.54, 1.807) is 30.3 Å². The fourth-order valence-corrected chi connectivity index (χ4v) is 5.16. The van der Waals surface area contributed by atoms with E-state index in [0.29, 0.717) is 0 Å². The molecule has 1 amide bonds. The van der Waals surface area contributed by atoms with E-state index in [2.05, 4.69) is 5.32 Å². The molecule has 1 saturated carbocycles. The molecule has 2 aromatic carbocycles. The van der Waals surface area contributed by atoms with Crippen LogP contribution in [0.5, 0.6) is 0 Å². The first-order valence-corrected chi connectivity index (χ1v) is 10.9. The van der Waals surface area contributed by atoms with Crippen molar-refractivity contribution in [2.24, 2.45) is 0 Å². The summed E-state index contributed by atoms with van der Waals surface area (Å²) in [7, 11) is -3.84. The topological polar surface area (TPSA) is 66.5 Å². The van der Waals surface area contributed by atoms with Crippen molar-refractivity contribution in [2.45, 2.75) is 50.0 Å². The fourth-order valence-electron chi connectivity index (χ4n) is 3.52. The Morgan fingerprint density at radius 3 is 2.36 bits per heavy atom. The van der Waals surface area contributed by atoms with Gasteiger partial charge in [0.25, 0.3) is 0 Å². The van der Waals surface area contributed by atoms with Crippen LogP contribution in [-0.4, -0.2) is 31.2 Å². The van der Waals surface area contributed by atoms with Crippen molar-refractivity contribution in [3.05, 3.63) is 59.9 Å². The van der Waals surface area contributed by atoms with Gasteiger partial charge in [-0.2, -0.15) is 4.31 Å². The summed E-state index contributed by atoms with van der Waals surface area (Å²) < 4.78 is 41.7. The van der Waals surface area contributed by atoms with Crippen LogP contribution in [-0.2, 0) is 14.8 Å². The largest absolute Gasteiger partial charge is 0.322 e. The van der Waals surface area contributed by atoms with Crippen LogP contribution in [0.1, 0.15) is 37.7 Å². The average molecular weight is 405 g/mol. The van der Waals surface area contributed by atoms with Gasteiger partial charge < -0.3 is 5.32 Å². The molecule has 0 bridgehead atoms. The molecule has 2 aromatic rings. The maximum Gasteiger partial charge on any atom is 0.243 e. The normalized spacial score (nSPS) is 15.5. The van der Waals surface area contributed by atoms with Gasteiger partial charge in [-0.25, -0.2) is 12.8 Å². The second kappa shape index (κ2) is 8.84. The lowest BCUT2D eigenvalue weighted by Gasteiger charge is -2.33. The van der Waals surface area contributed by atoms with Gasteiger partial charge in [-0.15, -0.1) is 0 Å². The summed E-state index contributed by atoms with van der Waals surface area (Å²) in [6.45, 7) is 1.55. The van der Waals surface area contributed by atoms with Gasteiger partial charge in [-0.1, -0.05) is 49.1 Å². The summed E-state index contributed by atoms with van der Waals surface area (Å²) >= 11 is 0. The monoisotopic (exact) mass is 404 g/mol. The second-order valence-corrected chi connectivity index (χ2v) is 9.07. The van der Waals surface area contributed by atoms with Crippen LogP contribution in [0.15, 0.2) is 53.4 Å². The quantitative estimate of drug-likeness (QED) is 0.788. The molecule has 1 aliphatic carbocycles. The predicted octanol–water partition coefficient (Wildman–Crippen LogP) is 4.10. The first kappa shape index (κ1) is 20.5. The van der Waals surface area contributed by atoms with E-state index < -0.39 is 21.7 Å². The second-order valence-electron chi connectivity index (χ2n) is 7.18. The lowest BCUT2D eigenvalue weighted by atomic mass is 9.95. The van der Waals surface area contributed by atoms with E-state index in [1.807, 2.05) is 6.92 Å². The van der Waals surface area contributed by atoms with Gasteiger partial charge in [0.2, 0.25) is 15.9 Å². The zero-order chi connectivity index (χ0) is 20.1. The van der Waals surface area contributed by atoms with Gasteiger partial charge in [0.05, 0.1) is 17.1 Å². The van der Waals surface area contributed by atoms with Crippen LogP contribution < -0.4 is 5.32 Å². The minimum atomic E-state index is -3.84. The molecule has 0 aromatic heterocycles. The van der Waals surface area contributed by atoms with Crippen LogP contribution in [0.25, 0.3) is 0 Å². The van der Waals surface area contributed by atoms with Crippen molar-refractivity contribution < 1.29 is 17.6 Å². The zero-order valence-electron chi connectivity index (χ0n) is 15.9. The summed E-state index contributed by atoms with van der Waals surface area (Å²) in [6, 6.07) is 12.2. The molecule has 0 aliphatic heterocycles. The third-order valence-electron chi connectivity index (χ3n) is 5.06. The summed E-state index contributed by atoms with van der Waals surface area (Å²) in [5, 5.41) is 2.49. The highest BCUT2D eigenvalue weighted by molar-refractivity contribution is 7.89. The van der Waals surface area contributed by atoms with E-state index in [0.717, 1.165) is 37.7 Å². The molecule has 0 spiro atoms. The molecule has 1 aliphatic rings. The third kappa shape index (κ3) is 4.77. The van der Waals surface area contributed by atoms with E-state index >= 15 is 0 Å². The number of halogens is 1. The molecular weight excluding hydrogens is 379 g/mol. The van der Waals surface area contributed by atoms with Crippen molar-refractivity contribution in [1.29, 1.82) is 0 Å². The van der Waals surface area contributed by atoms with E-state index in [1.165, 1.54) is 22.5 Å². The maximum absolute atomic E-state index is 13.8. The molecule has 1 fully saturated rings. The van der Waals surface area contributed by atoms with Crippen molar-refractivity contribution in [3.63, 3.8) is 0 Å². The van der Waals surface area contributed by atoms with Gasteiger partial charge in [-0.3, -0.25) is 4.79 Å². The summed E-state index contributed by atoms with van der Waals surface area (Å²) in [6.07, 6.45) is 4.37. The Morgan fingerprint density at radius 1 is 1.07 bits per heavy atom. The van der Waals surface area contributed by atoms with E-state index in [9.17, 15) is 17.6 Å². The number of nitrogens with one attached hydrogen (secondary N) is 1. The Morgan fingerprint density at radius 2 is 1.71 bits per heavy atom. The predicted molar refractivity (Wildman–Crippen MR) is 107 cm³/mol. The molecule has 0 heterocycles. The number of hydrogen-bond acceptors (Lipinski definition) is 3. The highest BCUT2D eigenvalue weighted by Crippen LogP contribution is 2.28. The molecule has 0 atom stereocenters. The molecule has 3 rings (SSSR count). The molecule has 5 nitrogen and oxygen atoms in total. The van der Waals surface area contributed by atoms with Gasteiger partial charge in [-0.05, 0) is 44.0 Å². The molecule has 0 radical (unpaired) electrons. The lowest BCUT2D eigenvalue weighted by molar-refractivity contribution is -0.116. The van der Waals surface area contributed by atoms with Gasteiger partial charge >= 0.3 is 0 Å².